The maximum atomic E-state index is 6.12. The van der Waals surface area contributed by atoms with Crippen LogP contribution in [-0.4, -0.2) is 12.2 Å². The first-order chi connectivity index (χ1) is 10.5. The predicted molar refractivity (Wildman–Crippen MR) is 97.0 cm³/mol. The fraction of sp³-hybridized carbons (Fsp3) is 0.235. The molecule has 2 aromatic rings. The van der Waals surface area contributed by atoms with Crippen LogP contribution in [0.4, 0.5) is 5.69 Å². The van der Waals surface area contributed by atoms with E-state index in [-0.39, 0.29) is 0 Å². The molecule has 0 spiro atoms. The lowest BCUT2D eigenvalue weighted by atomic mass is 10.1. The SMILES string of the molecule is COc1ccc(C)cc1NC(=S)NCc1ccc(C)c(Cl)c1. The molecule has 0 aliphatic heterocycles. The zero-order valence-electron chi connectivity index (χ0n) is 12.9. The molecule has 0 atom stereocenters. The largest absolute Gasteiger partial charge is 0.495 e. The van der Waals surface area contributed by atoms with Gasteiger partial charge in [-0.25, -0.2) is 0 Å². The highest BCUT2D eigenvalue weighted by Crippen LogP contribution is 2.25. The number of anilines is 1. The van der Waals surface area contributed by atoms with E-state index in [2.05, 4.69) is 10.6 Å². The fourth-order valence-corrected chi connectivity index (χ4v) is 2.40. The Morgan fingerprint density at radius 2 is 1.95 bits per heavy atom. The summed E-state index contributed by atoms with van der Waals surface area (Å²) in [5.74, 6) is 0.758. The van der Waals surface area contributed by atoms with Crippen LogP contribution in [0.3, 0.4) is 0 Å². The molecule has 2 rings (SSSR count). The van der Waals surface area contributed by atoms with Gasteiger partial charge in [-0.15, -0.1) is 0 Å². The third kappa shape index (κ3) is 4.36. The Morgan fingerprint density at radius 1 is 1.18 bits per heavy atom. The van der Waals surface area contributed by atoms with Gasteiger partial charge in [0.1, 0.15) is 5.75 Å². The first-order valence-electron chi connectivity index (χ1n) is 6.94. The van der Waals surface area contributed by atoms with Gasteiger partial charge in [0, 0.05) is 11.6 Å². The van der Waals surface area contributed by atoms with Crippen LogP contribution in [0, 0.1) is 13.8 Å². The summed E-state index contributed by atoms with van der Waals surface area (Å²) in [6, 6.07) is 11.9. The minimum absolute atomic E-state index is 0.542. The zero-order valence-corrected chi connectivity index (χ0v) is 14.4. The summed E-state index contributed by atoms with van der Waals surface area (Å²) in [6.07, 6.45) is 0. The van der Waals surface area contributed by atoms with Gasteiger partial charge in [0.2, 0.25) is 0 Å². The smallest absolute Gasteiger partial charge is 0.171 e. The zero-order chi connectivity index (χ0) is 16.1. The highest BCUT2D eigenvalue weighted by atomic mass is 35.5. The fourth-order valence-electron chi connectivity index (χ4n) is 2.01. The van der Waals surface area contributed by atoms with Crippen molar-refractivity contribution in [3.05, 3.63) is 58.1 Å². The van der Waals surface area contributed by atoms with Gasteiger partial charge in [0.15, 0.2) is 5.11 Å². The van der Waals surface area contributed by atoms with Gasteiger partial charge in [-0.05, 0) is 61.0 Å². The van der Waals surface area contributed by atoms with Gasteiger partial charge in [0.25, 0.3) is 0 Å². The van der Waals surface area contributed by atoms with Crippen LogP contribution in [0.5, 0.6) is 5.75 Å². The third-order valence-electron chi connectivity index (χ3n) is 3.29. The van der Waals surface area contributed by atoms with Crippen LogP contribution < -0.4 is 15.4 Å². The number of nitrogens with one attached hydrogen (secondary N) is 2. The molecule has 0 radical (unpaired) electrons. The van der Waals surface area contributed by atoms with Crippen molar-refractivity contribution < 1.29 is 4.74 Å². The Balaban J connectivity index is 1.98. The summed E-state index contributed by atoms with van der Waals surface area (Å²) in [4.78, 5) is 0. The van der Waals surface area contributed by atoms with E-state index in [9.17, 15) is 0 Å². The molecule has 0 aliphatic carbocycles. The molecule has 2 aromatic carbocycles. The molecule has 2 N–H and O–H groups in total. The van der Waals surface area contributed by atoms with Crippen LogP contribution in [0.15, 0.2) is 36.4 Å². The molecule has 22 heavy (non-hydrogen) atoms. The molecule has 0 heterocycles. The Kier molecular flexibility index (Phi) is 5.63. The number of thiocarbonyl (C=S) groups is 1. The topological polar surface area (TPSA) is 33.3 Å². The predicted octanol–water partition coefficient (Wildman–Crippen LogP) is 4.45. The van der Waals surface area contributed by atoms with Crippen LogP contribution in [0.1, 0.15) is 16.7 Å². The second kappa shape index (κ2) is 7.47. The number of aryl methyl sites for hydroxylation is 2. The minimum atomic E-state index is 0.542. The number of ether oxygens (including phenoxy) is 1. The maximum absolute atomic E-state index is 6.12. The first-order valence-corrected chi connectivity index (χ1v) is 7.72. The molecule has 3 nitrogen and oxygen atoms in total. The molecule has 0 bridgehead atoms. The standard InChI is InChI=1S/C17H19ClN2OS/c1-11-4-7-16(21-3)15(8-11)20-17(22)19-10-13-6-5-12(2)14(18)9-13/h4-9H,10H2,1-3H3,(H2,19,20,22). The molecular weight excluding hydrogens is 316 g/mol. The first kappa shape index (κ1) is 16.6. The van der Waals surface area contributed by atoms with Gasteiger partial charge < -0.3 is 15.4 Å². The second-order valence-corrected chi connectivity index (χ2v) is 5.91. The van der Waals surface area contributed by atoms with E-state index in [4.69, 9.17) is 28.6 Å². The number of halogens is 1. The number of methoxy groups -OCH3 is 1. The van der Waals surface area contributed by atoms with Crippen molar-refractivity contribution >= 4 is 34.6 Å². The maximum Gasteiger partial charge on any atom is 0.171 e. The van der Waals surface area contributed by atoms with E-state index in [1.54, 1.807) is 7.11 Å². The highest BCUT2D eigenvalue weighted by Gasteiger charge is 2.05. The molecule has 116 valence electrons. The van der Waals surface area contributed by atoms with Gasteiger partial charge in [-0.2, -0.15) is 0 Å². The van der Waals surface area contributed by atoms with Gasteiger partial charge >= 0.3 is 0 Å². The van der Waals surface area contributed by atoms with Crippen molar-refractivity contribution in [2.75, 3.05) is 12.4 Å². The Bertz CT molecular complexity index is 688. The molecular formula is C17H19ClN2OS. The van der Waals surface area contributed by atoms with E-state index < -0.39 is 0 Å². The molecule has 0 amide bonds. The molecule has 0 saturated carbocycles. The number of hydrogen-bond acceptors (Lipinski definition) is 2. The summed E-state index contributed by atoms with van der Waals surface area (Å²) in [5, 5.41) is 7.64. The van der Waals surface area contributed by atoms with E-state index in [0.717, 1.165) is 33.1 Å². The lowest BCUT2D eigenvalue weighted by Gasteiger charge is -2.14. The molecule has 0 fully saturated rings. The lowest BCUT2D eigenvalue weighted by molar-refractivity contribution is 0.417. The average molecular weight is 335 g/mol. The Morgan fingerprint density at radius 3 is 2.64 bits per heavy atom. The quantitative estimate of drug-likeness (QED) is 0.809. The van der Waals surface area contributed by atoms with E-state index in [1.807, 2.05) is 50.2 Å². The molecule has 0 saturated heterocycles. The minimum Gasteiger partial charge on any atom is -0.495 e. The second-order valence-electron chi connectivity index (χ2n) is 5.09. The van der Waals surface area contributed by atoms with Crippen molar-refractivity contribution in [3.63, 3.8) is 0 Å². The number of benzene rings is 2. The van der Waals surface area contributed by atoms with Gasteiger partial charge in [-0.3, -0.25) is 0 Å². The molecule has 0 unspecified atom stereocenters. The van der Waals surface area contributed by atoms with Gasteiger partial charge in [0.05, 0.1) is 12.8 Å². The van der Waals surface area contributed by atoms with E-state index >= 15 is 0 Å². The van der Waals surface area contributed by atoms with Crippen LogP contribution >= 0.6 is 23.8 Å². The monoisotopic (exact) mass is 334 g/mol. The van der Waals surface area contributed by atoms with Crippen LogP contribution in [0.25, 0.3) is 0 Å². The summed E-state index contributed by atoms with van der Waals surface area (Å²) in [5.41, 5.74) is 4.13. The number of rotatable bonds is 4. The molecule has 0 aromatic heterocycles. The van der Waals surface area contributed by atoms with Crippen LogP contribution in [0.2, 0.25) is 5.02 Å². The number of hydrogen-bond donors (Lipinski definition) is 2. The van der Waals surface area contributed by atoms with Crippen molar-refractivity contribution in [1.82, 2.24) is 5.32 Å². The van der Waals surface area contributed by atoms with Crippen molar-refractivity contribution in [1.29, 1.82) is 0 Å². The molecule has 5 heteroatoms. The van der Waals surface area contributed by atoms with E-state index in [0.29, 0.717) is 11.7 Å². The normalized spacial score (nSPS) is 10.2. The van der Waals surface area contributed by atoms with Crippen molar-refractivity contribution in [2.24, 2.45) is 0 Å². The van der Waals surface area contributed by atoms with Crippen LogP contribution in [-0.2, 0) is 6.54 Å². The Hall–Kier alpha value is -1.78. The highest BCUT2D eigenvalue weighted by molar-refractivity contribution is 7.80. The van der Waals surface area contributed by atoms with Gasteiger partial charge in [-0.1, -0.05) is 29.8 Å². The average Bonchev–Trinajstić information content (AvgIpc) is 2.49. The third-order valence-corrected chi connectivity index (χ3v) is 3.95. The summed E-state index contributed by atoms with van der Waals surface area (Å²) < 4.78 is 5.33. The van der Waals surface area contributed by atoms with Crippen molar-refractivity contribution in [3.8, 4) is 5.75 Å². The summed E-state index contributed by atoms with van der Waals surface area (Å²) in [7, 11) is 1.64. The van der Waals surface area contributed by atoms with E-state index in [1.165, 1.54) is 0 Å². The molecule has 0 aliphatic rings. The Labute approximate surface area is 141 Å². The summed E-state index contributed by atoms with van der Waals surface area (Å²) in [6.45, 7) is 4.62. The lowest BCUT2D eigenvalue weighted by Crippen LogP contribution is -2.28. The summed E-state index contributed by atoms with van der Waals surface area (Å²) >= 11 is 11.5. The van der Waals surface area contributed by atoms with Crippen molar-refractivity contribution in [2.45, 2.75) is 20.4 Å².